The van der Waals surface area contributed by atoms with E-state index in [1.807, 2.05) is 0 Å². The van der Waals surface area contributed by atoms with Crippen molar-refractivity contribution in [3.05, 3.63) is 0 Å². The second-order valence-electron chi connectivity index (χ2n) is 6.26. The summed E-state index contributed by atoms with van der Waals surface area (Å²) in [5, 5.41) is 0. The normalized spacial score (nSPS) is 40.2. The molecule has 3 nitrogen and oxygen atoms in total. The molecule has 96 valence electrons. The van der Waals surface area contributed by atoms with Gasteiger partial charge in [-0.25, -0.2) is 0 Å². The Morgan fingerprint density at radius 1 is 1.24 bits per heavy atom. The predicted molar refractivity (Wildman–Crippen MR) is 67.3 cm³/mol. The fourth-order valence-corrected chi connectivity index (χ4v) is 4.54. The maximum absolute atomic E-state index is 11.8. The molecule has 3 fully saturated rings. The van der Waals surface area contributed by atoms with E-state index in [4.69, 9.17) is 5.73 Å². The van der Waals surface area contributed by atoms with Gasteiger partial charge in [-0.05, 0) is 56.3 Å². The molecule has 1 saturated heterocycles. The molecule has 0 aromatic rings. The van der Waals surface area contributed by atoms with Gasteiger partial charge in [0.1, 0.15) is 0 Å². The van der Waals surface area contributed by atoms with Crippen LogP contribution in [-0.4, -0.2) is 29.9 Å². The maximum atomic E-state index is 11.8. The average Bonchev–Trinajstić information content (AvgIpc) is 3.03. The van der Waals surface area contributed by atoms with Crippen molar-refractivity contribution in [2.45, 2.75) is 51.0 Å². The monoisotopic (exact) mass is 236 g/mol. The molecule has 2 aliphatic carbocycles. The van der Waals surface area contributed by atoms with Crippen LogP contribution in [0.15, 0.2) is 0 Å². The van der Waals surface area contributed by atoms with E-state index in [0.717, 1.165) is 24.3 Å². The largest absolute Gasteiger partial charge is 0.339 e. The van der Waals surface area contributed by atoms with Crippen molar-refractivity contribution in [2.75, 3.05) is 13.1 Å². The molecule has 2 bridgehead atoms. The van der Waals surface area contributed by atoms with Gasteiger partial charge in [-0.2, -0.15) is 0 Å². The van der Waals surface area contributed by atoms with Crippen molar-refractivity contribution in [1.29, 1.82) is 0 Å². The first-order valence-electron chi connectivity index (χ1n) is 7.27. The lowest BCUT2D eigenvalue weighted by molar-refractivity contribution is -0.130. The molecule has 1 amide bonds. The first-order chi connectivity index (χ1) is 8.28. The minimum Gasteiger partial charge on any atom is -0.339 e. The van der Waals surface area contributed by atoms with Crippen LogP contribution >= 0.6 is 0 Å². The molecule has 1 aliphatic heterocycles. The van der Waals surface area contributed by atoms with Gasteiger partial charge in [0, 0.05) is 12.6 Å². The molecule has 0 radical (unpaired) electrons. The summed E-state index contributed by atoms with van der Waals surface area (Å²) in [5.41, 5.74) is 5.49. The first-order valence-corrected chi connectivity index (χ1v) is 7.27. The van der Waals surface area contributed by atoms with Crippen molar-refractivity contribution in [1.82, 2.24) is 4.90 Å². The van der Waals surface area contributed by atoms with E-state index in [1.165, 1.54) is 44.9 Å². The van der Waals surface area contributed by atoms with Gasteiger partial charge in [0.15, 0.2) is 0 Å². The summed E-state index contributed by atoms with van der Waals surface area (Å²) >= 11 is 0. The molecule has 2 saturated carbocycles. The van der Waals surface area contributed by atoms with Crippen LogP contribution in [0.25, 0.3) is 0 Å². The SMILES string of the molecule is NCC(=O)N1CCCC1CC1CC2CCC1C2. The van der Waals surface area contributed by atoms with E-state index in [1.54, 1.807) is 0 Å². The van der Waals surface area contributed by atoms with E-state index < -0.39 is 0 Å². The molecular weight excluding hydrogens is 212 g/mol. The van der Waals surface area contributed by atoms with Gasteiger partial charge in [0.05, 0.1) is 6.54 Å². The van der Waals surface area contributed by atoms with Crippen molar-refractivity contribution in [3.8, 4) is 0 Å². The molecular formula is C14H24N2O. The molecule has 3 heteroatoms. The summed E-state index contributed by atoms with van der Waals surface area (Å²) in [6, 6.07) is 0.510. The number of amides is 1. The predicted octanol–water partition coefficient (Wildman–Crippen LogP) is 1.76. The minimum absolute atomic E-state index is 0.163. The smallest absolute Gasteiger partial charge is 0.236 e. The molecule has 4 atom stereocenters. The van der Waals surface area contributed by atoms with Crippen molar-refractivity contribution >= 4 is 5.91 Å². The number of nitrogens with zero attached hydrogens (tertiary/aromatic N) is 1. The van der Waals surface area contributed by atoms with Crippen LogP contribution in [-0.2, 0) is 4.79 Å². The number of nitrogens with two attached hydrogens (primary N) is 1. The summed E-state index contributed by atoms with van der Waals surface area (Å²) in [6.07, 6.45) is 9.47. The van der Waals surface area contributed by atoms with Gasteiger partial charge >= 0.3 is 0 Å². The third-order valence-corrected chi connectivity index (χ3v) is 5.33. The fourth-order valence-electron chi connectivity index (χ4n) is 4.54. The lowest BCUT2D eigenvalue weighted by atomic mass is 9.84. The zero-order valence-corrected chi connectivity index (χ0v) is 10.6. The maximum Gasteiger partial charge on any atom is 0.236 e. The van der Waals surface area contributed by atoms with E-state index >= 15 is 0 Å². The van der Waals surface area contributed by atoms with E-state index in [2.05, 4.69) is 4.90 Å². The minimum atomic E-state index is 0.163. The van der Waals surface area contributed by atoms with Gasteiger partial charge in [0.25, 0.3) is 0 Å². The Balaban J connectivity index is 1.59. The summed E-state index contributed by atoms with van der Waals surface area (Å²) in [7, 11) is 0. The Kier molecular flexibility index (Phi) is 3.12. The first kappa shape index (κ1) is 11.5. The number of hydrogen-bond donors (Lipinski definition) is 1. The third-order valence-electron chi connectivity index (χ3n) is 5.33. The molecule has 2 N–H and O–H groups in total. The highest BCUT2D eigenvalue weighted by Crippen LogP contribution is 2.50. The molecule has 0 spiro atoms. The molecule has 17 heavy (non-hydrogen) atoms. The zero-order chi connectivity index (χ0) is 11.8. The number of likely N-dealkylation sites (tertiary alicyclic amines) is 1. The zero-order valence-electron chi connectivity index (χ0n) is 10.6. The lowest BCUT2D eigenvalue weighted by Crippen LogP contribution is -2.40. The van der Waals surface area contributed by atoms with Crippen LogP contribution in [0.4, 0.5) is 0 Å². The summed E-state index contributed by atoms with van der Waals surface area (Å²) in [6.45, 7) is 1.13. The lowest BCUT2D eigenvalue weighted by Gasteiger charge is -2.30. The highest BCUT2D eigenvalue weighted by atomic mass is 16.2. The Morgan fingerprint density at radius 2 is 2.12 bits per heavy atom. The highest BCUT2D eigenvalue weighted by Gasteiger charge is 2.41. The summed E-state index contributed by atoms with van der Waals surface area (Å²) in [5.74, 6) is 3.07. The molecule has 1 heterocycles. The molecule has 3 aliphatic rings. The fraction of sp³-hybridized carbons (Fsp3) is 0.929. The number of carbonyl (C=O) groups is 1. The van der Waals surface area contributed by atoms with Crippen LogP contribution in [0.1, 0.15) is 44.9 Å². The van der Waals surface area contributed by atoms with E-state index in [-0.39, 0.29) is 12.5 Å². The van der Waals surface area contributed by atoms with Crippen LogP contribution in [0.5, 0.6) is 0 Å². The summed E-state index contributed by atoms with van der Waals surface area (Å²) in [4.78, 5) is 13.8. The molecule has 3 rings (SSSR count). The number of rotatable bonds is 3. The summed E-state index contributed by atoms with van der Waals surface area (Å²) < 4.78 is 0. The average molecular weight is 236 g/mol. The van der Waals surface area contributed by atoms with Gasteiger partial charge in [-0.3, -0.25) is 4.79 Å². The van der Waals surface area contributed by atoms with E-state index in [9.17, 15) is 4.79 Å². The Bertz CT molecular complexity index is 305. The molecule has 0 aromatic heterocycles. The third kappa shape index (κ3) is 2.10. The van der Waals surface area contributed by atoms with Crippen LogP contribution in [0, 0.1) is 17.8 Å². The molecule has 4 unspecified atom stereocenters. The van der Waals surface area contributed by atoms with Crippen molar-refractivity contribution in [3.63, 3.8) is 0 Å². The Labute approximate surface area is 104 Å². The van der Waals surface area contributed by atoms with Crippen LogP contribution in [0.3, 0.4) is 0 Å². The molecule has 0 aromatic carbocycles. The van der Waals surface area contributed by atoms with E-state index in [0.29, 0.717) is 6.04 Å². The highest BCUT2D eigenvalue weighted by molar-refractivity contribution is 5.78. The quantitative estimate of drug-likeness (QED) is 0.811. The second kappa shape index (κ2) is 4.60. The second-order valence-corrected chi connectivity index (χ2v) is 6.26. The van der Waals surface area contributed by atoms with Gasteiger partial charge in [-0.15, -0.1) is 0 Å². The Hall–Kier alpha value is -0.570. The van der Waals surface area contributed by atoms with Gasteiger partial charge < -0.3 is 10.6 Å². The topological polar surface area (TPSA) is 46.3 Å². The number of carbonyl (C=O) groups excluding carboxylic acids is 1. The van der Waals surface area contributed by atoms with Crippen molar-refractivity contribution < 1.29 is 4.79 Å². The van der Waals surface area contributed by atoms with Gasteiger partial charge in [0.2, 0.25) is 5.91 Å². The van der Waals surface area contributed by atoms with Gasteiger partial charge in [-0.1, -0.05) is 6.42 Å². The van der Waals surface area contributed by atoms with Crippen molar-refractivity contribution in [2.24, 2.45) is 23.5 Å². The van der Waals surface area contributed by atoms with Crippen LogP contribution in [0.2, 0.25) is 0 Å². The number of fused-ring (bicyclic) bond motifs is 2. The number of hydrogen-bond acceptors (Lipinski definition) is 2. The standard InChI is InChI=1S/C14H24N2O/c15-9-14(17)16-5-1-2-13(16)8-12-7-10-3-4-11(12)6-10/h10-13H,1-9,15H2. The Morgan fingerprint density at radius 3 is 2.76 bits per heavy atom. The van der Waals surface area contributed by atoms with Crippen LogP contribution < -0.4 is 5.73 Å².